The third-order valence-electron chi connectivity index (χ3n) is 3.42. The number of nitrogens with zero attached hydrogens (tertiary/aromatic N) is 1. The van der Waals surface area contributed by atoms with Crippen molar-refractivity contribution in [2.24, 2.45) is 0 Å². The smallest absolute Gasteiger partial charge is 0.407 e. The number of hydrogen-bond donors (Lipinski definition) is 1. The summed E-state index contributed by atoms with van der Waals surface area (Å²) in [6.45, 7) is 4.58. The van der Waals surface area contributed by atoms with Crippen molar-refractivity contribution >= 4 is 15.9 Å². The molecule has 2 fully saturated rings. The van der Waals surface area contributed by atoms with E-state index in [1.54, 1.807) is 6.92 Å². The summed E-state index contributed by atoms with van der Waals surface area (Å²) in [4.78, 5) is 13.5. The predicted octanol–water partition coefficient (Wildman–Crippen LogP) is -0.770. The second-order valence-corrected chi connectivity index (χ2v) is 6.92. The first-order valence-electron chi connectivity index (χ1n) is 6.47. The Morgan fingerprint density at radius 3 is 2.68 bits per heavy atom. The summed E-state index contributed by atoms with van der Waals surface area (Å²) < 4.78 is 33.6. The minimum Gasteiger partial charge on any atom is -0.450 e. The van der Waals surface area contributed by atoms with Crippen molar-refractivity contribution in [2.75, 3.05) is 44.4 Å². The van der Waals surface area contributed by atoms with E-state index in [1.807, 2.05) is 0 Å². The fourth-order valence-electron chi connectivity index (χ4n) is 2.56. The lowest BCUT2D eigenvalue weighted by atomic mass is 10.1. The first-order chi connectivity index (χ1) is 9.02. The largest absolute Gasteiger partial charge is 0.450 e. The molecule has 8 heteroatoms. The molecule has 2 atom stereocenters. The number of rotatable bonds is 3. The second-order valence-electron chi connectivity index (χ2n) is 4.76. The van der Waals surface area contributed by atoms with Crippen molar-refractivity contribution in [3.8, 4) is 0 Å². The molecule has 2 saturated heterocycles. The van der Waals surface area contributed by atoms with Crippen LogP contribution in [-0.2, 0) is 19.3 Å². The normalized spacial score (nSPS) is 31.0. The first-order valence-corrected chi connectivity index (χ1v) is 8.29. The maximum Gasteiger partial charge on any atom is 0.407 e. The summed E-state index contributed by atoms with van der Waals surface area (Å²) in [5.41, 5.74) is 0. The molecule has 0 aromatic heterocycles. The fraction of sp³-hybridized carbons (Fsp3) is 0.909. The maximum absolute atomic E-state index is 11.8. The highest BCUT2D eigenvalue weighted by molar-refractivity contribution is 7.91. The SMILES string of the molecule is CCOC(=O)N[C@@H]1CS(=O)(=O)C[C@H]1N1CCOCC1. The molecule has 2 aliphatic heterocycles. The molecular formula is C11H20N2O5S. The molecule has 2 heterocycles. The molecule has 0 spiro atoms. The number of amides is 1. The maximum atomic E-state index is 11.8. The Morgan fingerprint density at radius 2 is 2.05 bits per heavy atom. The lowest BCUT2D eigenvalue weighted by Crippen LogP contribution is -2.54. The van der Waals surface area contributed by atoms with Crippen LogP contribution in [0.15, 0.2) is 0 Å². The van der Waals surface area contributed by atoms with Crippen LogP contribution in [0.2, 0.25) is 0 Å². The van der Waals surface area contributed by atoms with E-state index in [1.165, 1.54) is 0 Å². The van der Waals surface area contributed by atoms with Crippen molar-refractivity contribution in [2.45, 2.75) is 19.0 Å². The topological polar surface area (TPSA) is 84.9 Å². The van der Waals surface area contributed by atoms with E-state index < -0.39 is 22.0 Å². The van der Waals surface area contributed by atoms with Crippen molar-refractivity contribution in [1.29, 1.82) is 0 Å². The van der Waals surface area contributed by atoms with Crippen LogP contribution in [0.3, 0.4) is 0 Å². The molecule has 0 unspecified atom stereocenters. The van der Waals surface area contributed by atoms with Crippen LogP contribution >= 0.6 is 0 Å². The highest BCUT2D eigenvalue weighted by atomic mass is 32.2. The van der Waals surface area contributed by atoms with Gasteiger partial charge in [-0.2, -0.15) is 0 Å². The Hall–Kier alpha value is -0.860. The summed E-state index contributed by atoms with van der Waals surface area (Å²) in [5.74, 6) is 0.0674. The number of nitrogens with one attached hydrogen (secondary N) is 1. The predicted molar refractivity (Wildman–Crippen MR) is 68.8 cm³/mol. The molecule has 19 heavy (non-hydrogen) atoms. The van der Waals surface area contributed by atoms with E-state index in [0.717, 1.165) is 0 Å². The van der Waals surface area contributed by atoms with Crippen LogP contribution in [0.5, 0.6) is 0 Å². The fourth-order valence-corrected chi connectivity index (χ4v) is 4.51. The van der Waals surface area contributed by atoms with Gasteiger partial charge in [-0.15, -0.1) is 0 Å². The van der Waals surface area contributed by atoms with Gasteiger partial charge in [-0.05, 0) is 6.92 Å². The summed E-state index contributed by atoms with van der Waals surface area (Å²) in [6.07, 6.45) is -0.553. The van der Waals surface area contributed by atoms with Crippen molar-refractivity contribution in [1.82, 2.24) is 10.2 Å². The van der Waals surface area contributed by atoms with Gasteiger partial charge in [0.2, 0.25) is 0 Å². The average molecular weight is 292 g/mol. The minimum atomic E-state index is -3.11. The number of morpholine rings is 1. The van der Waals surface area contributed by atoms with Crippen LogP contribution in [0, 0.1) is 0 Å². The molecule has 1 amide bonds. The second kappa shape index (κ2) is 6.06. The van der Waals surface area contributed by atoms with Gasteiger partial charge in [-0.25, -0.2) is 13.2 Å². The summed E-state index contributed by atoms with van der Waals surface area (Å²) >= 11 is 0. The van der Waals surface area contributed by atoms with Gasteiger partial charge < -0.3 is 14.8 Å². The molecule has 0 bridgehead atoms. The molecule has 0 aromatic rings. The Labute approximate surface area is 113 Å². The molecule has 0 aromatic carbocycles. The summed E-state index contributed by atoms with van der Waals surface area (Å²) in [6, 6.07) is -0.583. The first kappa shape index (κ1) is 14.5. The van der Waals surface area contributed by atoms with Gasteiger partial charge in [-0.1, -0.05) is 0 Å². The summed E-state index contributed by atoms with van der Waals surface area (Å²) in [7, 11) is -3.11. The molecule has 110 valence electrons. The van der Waals surface area contributed by atoms with E-state index in [-0.39, 0.29) is 24.2 Å². The van der Waals surface area contributed by atoms with Crippen LogP contribution in [0.1, 0.15) is 6.92 Å². The van der Waals surface area contributed by atoms with Gasteiger partial charge in [0.05, 0.1) is 37.4 Å². The van der Waals surface area contributed by atoms with Gasteiger partial charge in [0.25, 0.3) is 0 Å². The average Bonchev–Trinajstić information content (AvgIpc) is 2.66. The van der Waals surface area contributed by atoms with Crippen molar-refractivity contribution in [3.63, 3.8) is 0 Å². The zero-order chi connectivity index (χ0) is 13.9. The van der Waals surface area contributed by atoms with Crippen LogP contribution in [-0.4, -0.2) is 75.9 Å². The van der Waals surface area contributed by atoms with Crippen LogP contribution < -0.4 is 5.32 Å². The zero-order valence-electron chi connectivity index (χ0n) is 11.0. The minimum absolute atomic E-state index is 0.0200. The third-order valence-corrected chi connectivity index (χ3v) is 5.13. The highest BCUT2D eigenvalue weighted by Gasteiger charge is 2.42. The molecule has 0 radical (unpaired) electrons. The number of alkyl carbamates (subject to hydrolysis) is 1. The van der Waals surface area contributed by atoms with E-state index in [0.29, 0.717) is 26.3 Å². The molecule has 1 N–H and O–H groups in total. The van der Waals surface area contributed by atoms with E-state index in [9.17, 15) is 13.2 Å². The molecule has 7 nitrogen and oxygen atoms in total. The number of carbonyl (C=O) groups is 1. The van der Waals surface area contributed by atoms with Gasteiger partial charge in [0.1, 0.15) is 0 Å². The quantitative estimate of drug-likeness (QED) is 0.735. The van der Waals surface area contributed by atoms with Gasteiger partial charge >= 0.3 is 6.09 Å². The number of hydrogen-bond acceptors (Lipinski definition) is 6. The third kappa shape index (κ3) is 3.80. The lowest BCUT2D eigenvalue weighted by molar-refractivity contribution is 0.0162. The molecular weight excluding hydrogens is 272 g/mol. The molecule has 0 saturated carbocycles. The summed E-state index contributed by atoms with van der Waals surface area (Å²) in [5, 5.41) is 2.66. The van der Waals surface area contributed by atoms with Crippen LogP contribution in [0.4, 0.5) is 4.79 Å². The Morgan fingerprint density at radius 1 is 1.37 bits per heavy atom. The van der Waals surface area contributed by atoms with E-state index in [4.69, 9.17) is 9.47 Å². The molecule has 2 rings (SSSR count). The molecule has 2 aliphatic rings. The van der Waals surface area contributed by atoms with Gasteiger partial charge in [-0.3, -0.25) is 4.90 Å². The van der Waals surface area contributed by atoms with Gasteiger partial charge in [0, 0.05) is 19.1 Å². The van der Waals surface area contributed by atoms with Crippen molar-refractivity contribution < 1.29 is 22.7 Å². The highest BCUT2D eigenvalue weighted by Crippen LogP contribution is 2.19. The zero-order valence-corrected chi connectivity index (χ0v) is 11.8. The van der Waals surface area contributed by atoms with E-state index in [2.05, 4.69) is 10.2 Å². The standard InChI is InChI=1S/C11H20N2O5S/c1-2-18-11(14)12-9-7-19(15,16)8-10(9)13-3-5-17-6-4-13/h9-10H,2-8H2,1H3,(H,12,14)/t9-,10-/m1/s1. The van der Waals surface area contributed by atoms with Crippen molar-refractivity contribution in [3.05, 3.63) is 0 Å². The number of carbonyl (C=O) groups excluding carboxylic acids is 1. The Kier molecular flexibility index (Phi) is 4.64. The Balaban J connectivity index is 2.03. The Bertz CT molecular complexity index is 419. The number of sulfone groups is 1. The monoisotopic (exact) mass is 292 g/mol. The van der Waals surface area contributed by atoms with Gasteiger partial charge in [0.15, 0.2) is 9.84 Å². The van der Waals surface area contributed by atoms with Crippen LogP contribution in [0.25, 0.3) is 0 Å². The number of ether oxygens (including phenoxy) is 2. The molecule has 0 aliphatic carbocycles. The lowest BCUT2D eigenvalue weighted by Gasteiger charge is -2.34. The van der Waals surface area contributed by atoms with E-state index >= 15 is 0 Å².